The highest BCUT2D eigenvalue weighted by Gasteiger charge is 2.43. The summed E-state index contributed by atoms with van der Waals surface area (Å²) in [5.74, 6) is 0.0873. The maximum absolute atomic E-state index is 12.9. The maximum atomic E-state index is 12.9. The van der Waals surface area contributed by atoms with E-state index in [9.17, 15) is 4.79 Å². The summed E-state index contributed by atoms with van der Waals surface area (Å²) in [5.41, 5.74) is 4.76. The largest absolute Gasteiger partial charge is 0.293 e. The van der Waals surface area contributed by atoms with Crippen LogP contribution < -0.4 is 0 Å². The number of hydrogen-bond acceptors (Lipinski definition) is 1. The first-order chi connectivity index (χ1) is 8.81. The number of carbonyl (C=O) groups excluding carboxylic acids is 1. The summed E-state index contributed by atoms with van der Waals surface area (Å²) in [4.78, 5) is 12.9. The van der Waals surface area contributed by atoms with E-state index in [4.69, 9.17) is 11.6 Å². The fourth-order valence-corrected chi connectivity index (χ4v) is 3.07. The minimum Gasteiger partial charge on any atom is -0.293 e. The lowest BCUT2D eigenvalue weighted by Crippen LogP contribution is -2.29. The minimum absolute atomic E-state index is 0.0873. The van der Waals surface area contributed by atoms with Crippen molar-refractivity contribution in [2.45, 2.75) is 34.6 Å². The first-order valence-corrected chi connectivity index (χ1v) is 6.85. The Bertz CT molecular complexity index is 596. The molecular weight excluding hydrogens is 256 g/mol. The standard InChI is InChI=1S/C17H19ClO/c1-10-11(2)13(4)17(5,12(10)3)16(19)14-8-6-7-9-15(14)18/h6-9H,1-5H3. The molecule has 0 atom stereocenters. The molecule has 0 unspecified atom stereocenters. The average molecular weight is 275 g/mol. The number of hydrogen-bond donors (Lipinski definition) is 0. The highest BCUT2D eigenvalue weighted by atomic mass is 35.5. The molecule has 19 heavy (non-hydrogen) atoms. The molecular formula is C17H19ClO. The van der Waals surface area contributed by atoms with E-state index in [2.05, 4.69) is 13.8 Å². The van der Waals surface area contributed by atoms with Crippen molar-refractivity contribution in [3.63, 3.8) is 0 Å². The Morgan fingerprint density at radius 1 is 1.00 bits per heavy atom. The van der Waals surface area contributed by atoms with E-state index in [1.165, 1.54) is 11.1 Å². The highest BCUT2D eigenvalue weighted by Crippen LogP contribution is 2.48. The first-order valence-electron chi connectivity index (χ1n) is 6.47. The number of Topliss-reactive ketones (excluding diaryl/α,β-unsaturated/α-hetero) is 1. The fraction of sp³-hybridized carbons (Fsp3) is 0.353. The third kappa shape index (κ3) is 1.88. The smallest absolute Gasteiger partial charge is 0.178 e. The Labute approximate surface area is 120 Å². The van der Waals surface area contributed by atoms with Gasteiger partial charge in [0.25, 0.3) is 0 Å². The molecule has 0 spiro atoms. The molecule has 0 aromatic heterocycles. The molecule has 2 heteroatoms. The number of halogens is 1. The molecule has 0 radical (unpaired) electrons. The monoisotopic (exact) mass is 274 g/mol. The van der Waals surface area contributed by atoms with Crippen molar-refractivity contribution in [3.8, 4) is 0 Å². The van der Waals surface area contributed by atoms with Crippen LogP contribution in [0, 0.1) is 5.41 Å². The summed E-state index contributed by atoms with van der Waals surface area (Å²) in [5, 5.41) is 0.525. The zero-order valence-corrected chi connectivity index (χ0v) is 12.9. The van der Waals surface area contributed by atoms with Gasteiger partial charge in [0.15, 0.2) is 5.78 Å². The van der Waals surface area contributed by atoms with Crippen LogP contribution in [0.15, 0.2) is 46.6 Å². The van der Waals surface area contributed by atoms with Crippen molar-refractivity contribution in [1.29, 1.82) is 0 Å². The Morgan fingerprint density at radius 3 is 1.95 bits per heavy atom. The zero-order valence-electron chi connectivity index (χ0n) is 12.1. The van der Waals surface area contributed by atoms with Gasteiger partial charge in [-0.2, -0.15) is 0 Å². The van der Waals surface area contributed by atoms with Crippen LogP contribution in [0.5, 0.6) is 0 Å². The van der Waals surface area contributed by atoms with Crippen LogP contribution in [0.2, 0.25) is 5.02 Å². The van der Waals surface area contributed by atoms with Gasteiger partial charge in [-0.15, -0.1) is 0 Å². The van der Waals surface area contributed by atoms with Gasteiger partial charge in [0, 0.05) is 5.56 Å². The normalized spacial score (nSPS) is 18.2. The van der Waals surface area contributed by atoms with Gasteiger partial charge in [-0.3, -0.25) is 4.79 Å². The summed E-state index contributed by atoms with van der Waals surface area (Å²) in [6.07, 6.45) is 0. The second kappa shape index (κ2) is 4.64. The fourth-order valence-electron chi connectivity index (χ4n) is 2.85. The van der Waals surface area contributed by atoms with Crippen LogP contribution in [0.4, 0.5) is 0 Å². The summed E-state index contributed by atoms with van der Waals surface area (Å²) < 4.78 is 0. The molecule has 1 aliphatic carbocycles. The van der Waals surface area contributed by atoms with Gasteiger partial charge < -0.3 is 0 Å². The van der Waals surface area contributed by atoms with Crippen molar-refractivity contribution >= 4 is 17.4 Å². The molecule has 100 valence electrons. The maximum Gasteiger partial charge on any atom is 0.178 e. The number of benzene rings is 1. The van der Waals surface area contributed by atoms with E-state index in [-0.39, 0.29) is 5.78 Å². The molecule has 1 nitrogen and oxygen atoms in total. The Morgan fingerprint density at radius 2 is 1.47 bits per heavy atom. The molecule has 0 N–H and O–H groups in total. The molecule has 0 aliphatic heterocycles. The summed E-state index contributed by atoms with van der Waals surface area (Å²) in [6.45, 7) is 10.3. The van der Waals surface area contributed by atoms with Crippen LogP contribution in [0.3, 0.4) is 0 Å². The van der Waals surface area contributed by atoms with Crippen LogP contribution in [-0.4, -0.2) is 5.78 Å². The number of carbonyl (C=O) groups is 1. The van der Waals surface area contributed by atoms with Gasteiger partial charge in [-0.25, -0.2) is 0 Å². The number of allylic oxidation sites excluding steroid dienone is 4. The summed E-state index contributed by atoms with van der Waals surface area (Å²) >= 11 is 6.17. The third-order valence-corrected chi connectivity index (χ3v) is 5.09. The van der Waals surface area contributed by atoms with E-state index in [1.807, 2.05) is 32.9 Å². The van der Waals surface area contributed by atoms with Gasteiger partial charge in [0.2, 0.25) is 0 Å². The van der Waals surface area contributed by atoms with Gasteiger partial charge in [0.05, 0.1) is 10.4 Å². The second-order valence-corrected chi connectivity index (χ2v) is 5.84. The third-order valence-electron chi connectivity index (χ3n) is 4.76. The van der Waals surface area contributed by atoms with Crippen molar-refractivity contribution in [1.82, 2.24) is 0 Å². The topological polar surface area (TPSA) is 17.1 Å². The molecule has 1 aromatic carbocycles. The first kappa shape index (κ1) is 14.1. The van der Waals surface area contributed by atoms with Gasteiger partial charge in [0.1, 0.15) is 0 Å². The van der Waals surface area contributed by atoms with Crippen LogP contribution in [0.1, 0.15) is 45.0 Å². The SMILES string of the molecule is CC1=C(C)C(C)(C(=O)c2ccccc2Cl)C(C)=C1C. The Balaban J connectivity index is 2.60. The quantitative estimate of drug-likeness (QED) is 0.676. The van der Waals surface area contributed by atoms with E-state index in [0.29, 0.717) is 10.6 Å². The van der Waals surface area contributed by atoms with Crippen molar-refractivity contribution < 1.29 is 4.79 Å². The van der Waals surface area contributed by atoms with E-state index < -0.39 is 5.41 Å². The molecule has 1 aromatic rings. The van der Waals surface area contributed by atoms with Gasteiger partial charge >= 0.3 is 0 Å². The lowest BCUT2D eigenvalue weighted by atomic mass is 9.73. The molecule has 0 heterocycles. The second-order valence-electron chi connectivity index (χ2n) is 5.43. The lowest BCUT2D eigenvalue weighted by molar-refractivity contribution is 0.0892. The van der Waals surface area contributed by atoms with Crippen molar-refractivity contribution in [3.05, 3.63) is 57.1 Å². The molecule has 2 rings (SSSR count). The minimum atomic E-state index is -0.556. The highest BCUT2D eigenvalue weighted by molar-refractivity contribution is 6.34. The predicted molar refractivity (Wildman–Crippen MR) is 80.6 cm³/mol. The number of ketones is 1. The Hall–Kier alpha value is -1.34. The number of rotatable bonds is 2. The van der Waals surface area contributed by atoms with E-state index in [0.717, 1.165) is 11.1 Å². The van der Waals surface area contributed by atoms with Gasteiger partial charge in [-0.1, -0.05) is 34.9 Å². The van der Waals surface area contributed by atoms with E-state index >= 15 is 0 Å². The van der Waals surface area contributed by atoms with Gasteiger partial charge in [-0.05, 0) is 57.9 Å². The van der Waals surface area contributed by atoms with Crippen molar-refractivity contribution in [2.75, 3.05) is 0 Å². The van der Waals surface area contributed by atoms with Crippen molar-refractivity contribution in [2.24, 2.45) is 5.41 Å². The zero-order chi connectivity index (χ0) is 14.4. The molecule has 0 saturated heterocycles. The molecule has 1 aliphatic rings. The summed E-state index contributed by atoms with van der Waals surface area (Å²) in [7, 11) is 0. The molecule has 0 fully saturated rings. The van der Waals surface area contributed by atoms with Crippen LogP contribution in [-0.2, 0) is 0 Å². The summed E-state index contributed by atoms with van der Waals surface area (Å²) in [6, 6.07) is 7.28. The molecule has 0 amide bonds. The molecule has 0 bridgehead atoms. The van der Waals surface area contributed by atoms with E-state index in [1.54, 1.807) is 12.1 Å². The lowest BCUT2D eigenvalue weighted by Gasteiger charge is -2.28. The van der Waals surface area contributed by atoms with Crippen LogP contribution in [0.25, 0.3) is 0 Å². The molecule has 0 saturated carbocycles. The predicted octanol–water partition coefficient (Wildman–Crippen LogP) is 5.22. The van der Waals surface area contributed by atoms with Crippen LogP contribution >= 0.6 is 11.6 Å². The average Bonchev–Trinajstić information content (AvgIpc) is 2.55. The Kier molecular flexibility index (Phi) is 3.44.